The number of anilines is 1. The summed E-state index contributed by atoms with van der Waals surface area (Å²) in [7, 11) is 0. The van der Waals surface area contributed by atoms with Crippen LogP contribution < -0.4 is 15.4 Å². The summed E-state index contributed by atoms with van der Waals surface area (Å²) in [4.78, 5) is 36.2. The van der Waals surface area contributed by atoms with Gasteiger partial charge in [0.2, 0.25) is 5.91 Å². The zero-order valence-electron chi connectivity index (χ0n) is 17.6. The van der Waals surface area contributed by atoms with Crippen molar-refractivity contribution in [3.8, 4) is 5.75 Å². The smallest absolute Gasteiger partial charge is 0.434 e. The fraction of sp³-hybridized carbons (Fsp3) is 0.348. The van der Waals surface area contributed by atoms with E-state index in [-0.39, 0.29) is 30.1 Å². The topological polar surface area (TPSA) is 93.7 Å². The van der Waals surface area contributed by atoms with Crippen molar-refractivity contribution in [2.45, 2.75) is 40.2 Å². The van der Waals surface area contributed by atoms with Gasteiger partial charge in [-0.1, -0.05) is 32.0 Å². The molecule has 7 nitrogen and oxygen atoms in total. The lowest BCUT2D eigenvalue weighted by molar-refractivity contribution is -0.125. The third-order valence-corrected chi connectivity index (χ3v) is 4.65. The lowest BCUT2D eigenvalue weighted by atomic mass is 10.0. The van der Waals surface area contributed by atoms with Crippen LogP contribution in [-0.2, 0) is 16.1 Å². The first kappa shape index (κ1) is 22.9. The Hall–Kier alpha value is -3.35. The first-order chi connectivity index (χ1) is 14.5. The third kappa shape index (κ3) is 6.62. The second-order valence-electron chi connectivity index (χ2n) is 6.65. The first-order valence-corrected chi connectivity index (χ1v) is 10.1. The lowest BCUT2D eigenvalue weighted by Gasteiger charge is -2.15. The Balaban J connectivity index is 2.01. The summed E-state index contributed by atoms with van der Waals surface area (Å²) < 4.78 is 9.70. The van der Waals surface area contributed by atoms with Crippen molar-refractivity contribution in [2.75, 3.05) is 11.9 Å². The van der Waals surface area contributed by atoms with E-state index in [1.807, 2.05) is 32.0 Å². The number of carbonyl (C=O) groups excluding carboxylic acids is 3. The highest BCUT2D eigenvalue weighted by Gasteiger charge is 2.15. The van der Waals surface area contributed by atoms with E-state index >= 15 is 0 Å². The van der Waals surface area contributed by atoms with Gasteiger partial charge in [-0.15, -0.1) is 0 Å². The van der Waals surface area contributed by atoms with E-state index in [9.17, 15) is 14.4 Å². The minimum Gasteiger partial charge on any atom is -0.434 e. The molecular formula is C23H28N2O5. The van der Waals surface area contributed by atoms with Crippen molar-refractivity contribution >= 4 is 23.7 Å². The summed E-state index contributed by atoms with van der Waals surface area (Å²) >= 11 is 0. The zero-order valence-corrected chi connectivity index (χ0v) is 17.6. The van der Waals surface area contributed by atoms with E-state index in [1.165, 1.54) is 12.1 Å². The molecule has 0 heterocycles. The van der Waals surface area contributed by atoms with Crippen molar-refractivity contribution in [3.63, 3.8) is 0 Å². The van der Waals surface area contributed by atoms with Gasteiger partial charge in [0.15, 0.2) is 0 Å². The summed E-state index contributed by atoms with van der Waals surface area (Å²) in [5, 5.41) is 5.81. The van der Waals surface area contributed by atoms with Crippen LogP contribution in [0.4, 0.5) is 10.5 Å². The molecule has 0 unspecified atom stereocenters. The van der Waals surface area contributed by atoms with Gasteiger partial charge in [0.25, 0.3) is 5.91 Å². The molecular weight excluding hydrogens is 384 g/mol. The molecule has 0 aromatic heterocycles. The summed E-state index contributed by atoms with van der Waals surface area (Å²) in [6.45, 7) is 6.22. The molecule has 0 aliphatic carbocycles. The van der Waals surface area contributed by atoms with Gasteiger partial charge in [0.05, 0.1) is 6.61 Å². The maximum absolute atomic E-state index is 12.6. The van der Waals surface area contributed by atoms with Crippen LogP contribution in [-0.4, -0.2) is 24.6 Å². The third-order valence-electron chi connectivity index (χ3n) is 4.65. The number of nitrogens with one attached hydrogen (secondary N) is 2. The van der Waals surface area contributed by atoms with Crippen LogP contribution in [0.5, 0.6) is 5.75 Å². The summed E-state index contributed by atoms with van der Waals surface area (Å²) in [5.74, 6) is -0.0219. The van der Waals surface area contributed by atoms with Gasteiger partial charge in [-0.05, 0) is 55.7 Å². The van der Waals surface area contributed by atoms with Crippen molar-refractivity contribution in [3.05, 3.63) is 59.7 Å². The highest BCUT2D eigenvalue weighted by molar-refractivity contribution is 6.04. The molecule has 0 aliphatic heterocycles. The zero-order chi connectivity index (χ0) is 21.9. The normalized spacial score (nSPS) is 10.4. The summed E-state index contributed by atoms with van der Waals surface area (Å²) in [6, 6.07) is 13.5. The quantitative estimate of drug-likeness (QED) is 0.466. The van der Waals surface area contributed by atoms with Gasteiger partial charge in [0.1, 0.15) is 5.75 Å². The Labute approximate surface area is 176 Å². The Bertz CT molecular complexity index is 860. The van der Waals surface area contributed by atoms with Gasteiger partial charge in [-0.2, -0.15) is 0 Å². The average Bonchev–Trinajstić information content (AvgIpc) is 2.74. The van der Waals surface area contributed by atoms with Gasteiger partial charge >= 0.3 is 6.16 Å². The Kier molecular flexibility index (Phi) is 8.87. The van der Waals surface area contributed by atoms with Crippen LogP contribution >= 0.6 is 0 Å². The Morgan fingerprint density at radius 2 is 1.60 bits per heavy atom. The molecule has 30 heavy (non-hydrogen) atoms. The molecule has 160 valence electrons. The number of amides is 2. The van der Waals surface area contributed by atoms with E-state index < -0.39 is 6.16 Å². The maximum Gasteiger partial charge on any atom is 0.513 e. The van der Waals surface area contributed by atoms with Crippen LogP contribution in [0.3, 0.4) is 0 Å². The summed E-state index contributed by atoms with van der Waals surface area (Å²) in [6.07, 6.45) is 0.784. The van der Waals surface area contributed by atoms with Crippen molar-refractivity contribution < 1.29 is 23.9 Å². The number of benzene rings is 2. The predicted octanol–water partition coefficient (Wildman–Crippen LogP) is 4.53. The van der Waals surface area contributed by atoms with E-state index in [1.54, 1.807) is 25.1 Å². The number of carbonyl (C=O) groups is 3. The minimum absolute atomic E-state index is 0.0119. The van der Waals surface area contributed by atoms with Crippen molar-refractivity contribution in [2.24, 2.45) is 5.92 Å². The monoisotopic (exact) mass is 412 g/mol. The molecule has 0 atom stereocenters. The van der Waals surface area contributed by atoms with Crippen molar-refractivity contribution in [1.29, 1.82) is 0 Å². The predicted molar refractivity (Wildman–Crippen MR) is 114 cm³/mol. The highest BCUT2D eigenvalue weighted by atomic mass is 16.7. The minimum atomic E-state index is -0.793. The van der Waals surface area contributed by atoms with E-state index in [4.69, 9.17) is 9.47 Å². The lowest BCUT2D eigenvalue weighted by Crippen LogP contribution is -2.30. The molecule has 0 spiro atoms. The van der Waals surface area contributed by atoms with E-state index in [0.717, 1.165) is 18.4 Å². The molecule has 0 aliphatic rings. The highest BCUT2D eigenvalue weighted by Crippen LogP contribution is 2.18. The molecule has 0 saturated carbocycles. The molecule has 0 radical (unpaired) electrons. The van der Waals surface area contributed by atoms with Crippen LogP contribution in [0.2, 0.25) is 0 Å². The van der Waals surface area contributed by atoms with Gasteiger partial charge < -0.3 is 20.1 Å². The fourth-order valence-corrected chi connectivity index (χ4v) is 2.89. The standard InChI is InChI=1S/C23H28N2O5/c1-4-16(5-2)21(26)24-15-18-9-7-8-10-20(18)25-22(27)17-11-13-19(14-12-17)30-23(28)29-6-3/h7-14,16H,4-6,15H2,1-3H3,(H,24,26)(H,25,27). The number of hydrogen-bond donors (Lipinski definition) is 2. The molecule has 0 fully saturated rings. The first-order valence-electron chi connectivity index (χ1n) is 10.1. The molecule has 2 aromatic carbocycles. The van der Waals surface area contributed by atoms with Gasteiger partial charge in [-0.3, -0.25) is 9.59 Å². The molecule has 2 amide bonds. The molecule has 0 saturated heterocycles. The Morgan fingerprint density at radius 3 is 2.23 bits per heavy atom. The molecule has 0 bridgehead atoms. The van der Waals surface area contributed by atoms with E-state index in [2.05, 4.69) is 10.6 Å². The van der Waals surface area contributed by atoms with Crippen LogP contribution in [0, 0.1) is 5.92 Å². The second-order valence-corrected chi connectivity index (χ2v) is 6.65. The van der Waals surface area contributed by atoms with Crippen molar-refractivity contribution in [1.82, 2.24) is 5.32 Å². The number of rotatable bonds is 9. The van der Waals surface area contributed by atoms with Crippen LogP contribution in [0.1, 0.15) is 49.5 Å². The molecule has 2 rings (SSSR count). The fourth-order valence-electron chi connectivity index (χ4n) is 2.89. The number of ether oxygens (including phenoxy) is 2. The van der Waals surface area contributed by atoms with Gasteiger partial charge in [0, 0.05) is 23.7 Å². The number of para-hydroxylation sites is 1. The SMILES string of the molecule is CCOC(=O)Oc1ccc(C(=O)Nc2ccccc2CNC(=O)C(CC)CC)cc1. The van der Waals surface area contributed by atoms with Crippen LogP contribution in [0.15, 0.2) is 48.5 Å². The maximum atomic E-state index is 12.6. The van der Waals surface area contributed by atoms with Crippen LogP contribution in [0.25, 0.3) is 0 Å². The molecule has 7 heteroatoms. The van der Waals surface area contributed by atoms with Gasteiger partial charge in [-0.25, -0.2) is 4.79 Å². The summed E-state index contributed by atoms with van der Waals surface area (Å²) in [5.41, 5.74) is 1.84. The Morgan fingerprint density at radius 1 is 0.933 bits per heavy atom. The molecule has 2 N–H and O–H groups in total. The number of hydrogen-bond acceptors (Lipinski definition) is 5. The van der Waals surface area contributed by atoms with E-state index in [0.29, 0.717) is 17.8 Å². The largest absolute Gasteiger partial charge is 0.513 e. The average molecular weight is 412 g/mol. The molecule has 2 aromatic rings. The second kappa shape index (κ2) is 11.6.